The van der Waals surface area contributed by atoms with E-state index >= 15 is 0 Å². The zero-order valence-corrected chi connectivity index (χ0v) is 12.5. The van der Waals surface area contributed by atoms with Gasteiger partial charge in [0.15, 0.2) is 0 Å². The van der Waals surface area contributed by atoms with E-state index < -0.39 is 0 Å². The van der Waals surface area contributed by atoms with E-state index in [9.17, 15) is 4.39 Å². The highest BCUT2D eigenvalue weighted by Crippen LogP contribution is 2.32. The first kappa shape index (κ1) is 15.3. The van der Waals surface area contributed by atoms with Crippen molar-refractivity contribution in [3.63, 3.8) is 0 Å². The third-order valence-corrected chi connectivity index (χ3v) is 3.79. The van der Waals surface area contributed by atoms with E-state index in [0.717, 1.165) is 25.8 Å². The molecule has 1 aliphatic heterocycles. The van der Waals surface area contributed by atoms with E-state index in [4.69, 9.17) is 9.47 Å². The molecule has 3 nitrogen and oxygen atoms in total. The fourth-order valence-corrected chi connectivity index (χ4v) is 2.71. The fraction of sp³-hybridized carbons (Fsp3) is 0.625. The first-order valence-corrected chi connectivity index (χ1v) is 7.38. The molecule has 3 atom stereocenters. The molecule has 1 aromatic rings. The zero-order chi connectivity index (χ0) is 14.5. The van der Waals surface area contributed by atoms with E-state index in [2.05, 4.69) is 19.2 Å². The Labute approximate surface area is 120 Å². The number of methoxy groups -OCH3 is 1. The summed E-state index contributed by atoms with van der Waals surface area (Å²) < 4.78 is 25.3. The topological polar surface area (TPSA) is 30.5 Å². The van der Waals surface area contributed by atoms with Gasteiger partial charge in [-0.3, -0.25) is 0 Å². The van der Waals surface area contributed by atoms with Gasteiger partial charge < -0.3 is 14.8 Å². The van der Waals surface area contributed by atoms with Crippen LogP contribution in [0.25, 0.3) is 0 Å². The summed E-state index contributed by atoms with van der Waals surface area (Å²) in [4.78, 5) is 0. The number of rotatable bonds is 6. The van der Waals surface area contributed by atoms with Crippen LogP contribution in [0.5, 0.6) is 5.75 Å². The predicted octanol–water partition coefficient (Wildman–Crippen LogP) is 3.44. The summed E-state index contributed by atoms with van der Waals surface area (Å²) in [6.07, 6.45) is 3.31. The van der Waals surface area contributed by atoms with Gasteiger partial charge in [-0.1, -0.05) is 13.0 Å². The summed E-state index contributed by atoms with van der Waals surface area (Å²) in [5.41, 5.74) is 0.665. The van der Waals surface area contributed by atoms with Gasteiger partial charge in [-0.05, 0) is 38.8 Å². The molecule has 4 heteroatoms. The molecule has 1 saturated heterocycles. The second-order valence-electron chi connectivity index (χ2n) is 5.38. The molecule has 0 spiro atoms. The Hall–Kier alpha value is -1.13. The number of halogens is 1. The second-order valence-corrected chi connectivity index (χ2v) is 5.38. The Bertz CT molecular complexity index is 438. The Kier molecular flexibility index (Phi) is 5.38. The van der Waals surface area contributed by atoms with Gasteiger partial charge in [-0.15, -0.1) is 0 Å². The molecule has 0 aromatic heterocycles. The normalized spacial score (nSPS) is 23.8. The molecule has 0 amide bonds. The Balaban J connectivity index is 2.21. The van der Waals surface area contributed by atoms with Crippen LogP contribution in [0.15, 0.2) is 18.2 Å². The van der Waals surface area contributed by atoms with Gasteiger partial charge in [-0.2, -0.15) is 0 Å². The van der Waals surface area contributed by atoms with Crippen molar-refractivity contribution in [2.75, 3.05) is 13.7 Å². The van der Waals surface area contributed by atoms with E-state index in [0.29, 0.717) is 11.3 Å². The van der Waals surface area contributed by atoms with E-state index in [1.54, 1.807) is 19.2 Å². The number of nitrogens with one attached hydrogen (secondary N) is 1. The summed E-state index contributed by atoms with van der Waals surface area (Å²) in [6, 6.07) is 4.95. The first-order chi connectivity index (χ1) is 9.65. The van der Waals surface area contributed by atoms with Gasteiger partial charge in [-0.25, -0.2) is 4.39 Å². The van der Waals surface area contributed by atoms with Crippen molar-refractivity contribution in [3.8, 4) is 5.75 Å². The maximum atomic E-state index is 14.3. The first-order valence-electron chi connectivity index (χ1n) is 7.38. The van der Waals surface area contributed by atoms with E-state index in [1.807, 2.05) is 0 Å². The monoisotopic (exact) mass is 281 g/mol. The van der Waals surface area contributed by atoms with Crippen molar-refractivity contribution in [1.29, 1.82) is 0 Å². The molecule has 1 fully saturated rings. The summed E-state index contributed by atoms with van der Waals surface area (Å²) in [5, 5.41) is 3.42. The number of ether oxygens (including phenoxy) is 2. The highest BCUT2D eigenvalue weighted by atomic mass is 19.1. The van der Waals surface area contributed by atoms with Crippen LogP contribution in [0.3, 0.4) is 0 Å². The molecule has 0 radical (unpaired) electrons. The van der Waals surface area contributed by atoms with Crippen LogP contribution >= 0.6 is 0 Å². The lowest BCUT2D eigenvalue weighted by Crippen LogP contribution is -2.33. The molecule has 3 unspecified atom stereocenters. The van der Waals surface area contributed by atoms with E-state index in [-0.39, 0.29) is 24.1 Å². The van der Waals surface area contributed by atoms with Crippen LogP contribution in [-0.4, -0.2) is 25.9 Å². The molecule has 112 valence electrons. The van der Waals surface area contributed by atoms with Crippen molar-refractivity contribution in [3.05, 3.63) is 29.6 Å². The summed E-state index contributed by atoms with van der Waals surface area (Å²) in [7, 11) is 1.54. The zero-order valence-electron chi connectivity index (χ0n) is 12.5. The third-order valence-electron chi connectivity index (χ3n) is 3.79. The molecule has 0 saturated carbocycles. The van der Waals surface area contributed by atoms with Crippen molar-refractivity contribution in [1.82, 2.24) is 5.32 Å². The second kappa shape index (κ2) is 7.04. The minimum Gasteiger partial charge on any atom is -0.497 e. The van der Waals surface area contributed by atoms with Crippen molar-refractivity contribution in [2.24, 2.45) is 0 Å². The molecule has 20 heavy (non-hydrogen) atoms. The lowest BCUT2D eigenvalue weighted by Gasteiger charge is -2.26. The van der Waals surface area contributed by atoms with Gasteiger partial charge in [0.1, 0.15) is 11.6 Å². The average Bonchev–Trinajstić information content (AvgIpc) is 2.87. The summed E-state index contributed by atoms with van der Waals surface area (Å²) in [6.45, 7) is 5.03. The minimum atomic E-state index is -0.235. The third kappa shape index (κ3) is 3.49. The number of hydrogen-bond donors (Lipinski definition) is 1. The van der Waals surface area contributed by atoms with Crippen LogP contribution in [-0.2, 0) is 4.74 Å². The molecule has 0 aliphatic carbocycles. The molecule has 2 rings (SSSR count). The van der Waals surface area contributed by atoms with Crippen molar-refractivity contribution >= 4 is 0 Å². The largest absolute Gasteiger partial charge is 0.497 e. The quantitative estimate of drug-likeness (QED) is 0.866. The molecular formula is C16H24FNO2. The molecule has 1 heterocycles. The van der Waals surface area contributed by atoms with Gasteiger partial charge >= 0.3 is 0 Å². The molecule has 0 bridgehead atoms. The van der Waals surface area contributed by atoms with Gasteiger partial charge in [0.2, 0.25) is 0 Å². The average molecular weight is 281 g/mol. The van der Waals surface area contributed by atoms with Crippen LogP contribution in [0.2, 0.25) is 0 Å². The molecule has 1 aromatic carbocycles. The summed E-state index contributed by atoms with van der Waals surface area (Å²) in [5.74, 6) is 0.308. The number of hydrogen-bond acceptors (Lipinski definition) is 3. The Morgan fingerprint density at radius 3 is 2.80 bits per heavy atom. The van der Waals surface area contributed by atoms with E-state index in [1.165, 1.54) is 6.07 Å². The Morgan fingerprint density at radius 2 is 2.25 bits per heavy atom. The highest BCUT2D eigenvalue weighted by molar-refractivity contribution is 5.31. The Morgan fingerprint density at radius 1 is 1.45 bits per heavy atom. The number of benzene rings is 1. The predicted molar refractivity (Wildman–Crippen MR) is 77.6 cm³/mol. The van der Waals surface area contributed by atoms with Crippen LogP contribution in [0.1, 0.15) is 44.7 Å². The minimum absolute atomic E-state index is 0.0412. The lowest BCUT2D eigenvalue weighted by molar-refractivity contribution is 0.0308. The van der Waals surface area contributed by atoms with Crippen LogP contribution < -0.4 is 10.1 Å². The maximum Gasteiger partial charge on any atom is 0.131 e. The SMILES string of the molecule is CCCNC(c1ccc(OC)cc1F)C1CCC(C)O1. The van der Waals surface area contributed by atoms with Gasteiger partial charge in [0.05, 0.1) is 25.4 Å². The molecule has 1 N–H and O–H groups in total. The summed E-state index contributed by atoms with van der Waals surface area (Å²) >= 11 is 0. The van der Waals surface area contributed by atoms with Crippen molar-refractivity contribution < 1.29 is 13.9 Å². The van der Waals surface area contributed by atoms with Gasteiger partial charge in [0, 0.05) is 11.6 Å². The van der Waals surface area contributed by atoms with Crippen molar-refractivity contribution in [2.45, 2.75) is 51.4 Å². The molecule has 1 aliphatic rings. The standard InChI is InChI=1S/C16H24FNO2/c1-4-9-18-16(15-8-5-11(2)20-15)13-7-6-12(19-3)10-14(13)17/h6-7,10-11,15-16,18H,4-5,8-9H2,1-3H3. The smallest absolute Gasteiger partial charge is 0.131 e. The molecular weight excluding hydrogens is 257 g/mol. The van der Waals surface area contributed by atoms with Gasteiger partial charge in [0.25, 0.3) is 0 Å². The van der Waals surface area contributed by atoms with Crippen LogP contribution in [0, 0.1) is 5.82 Å². The lowest BCUT2D eigenvalue weighted by atomic mass is 9.98. The highest BCUT2D eigenvalue weighted by Gasteiger charge is 2.31. The maximum absolute atomic E-state index is 14.3. The van der Waals surface area contributed by atoms with Crippen LogP contribution in [0.4, 0.5) is 4.39 Å². The fourth-order valence-electron chi connectivity index (χ4n) is 2.71.